The van der Waals surface area contributed by atoms with Crippen LogP contribution in [0.25, 0.3) is 0 Å². The summed E-state index contributed by atoms with van der Waals surface area (Å²) >= 11 is 6.08. The molecule has 3 rings (SSSR count). The zero-order valence-electron chi connectivity index (χ0n) is 18.0. The highest BCUT2D eigenvalue weighted by Gasteiger charge is 2.36. The number of halogens is 1. The molecule has 0 spiro atoms. The number of carbonyl (C=O) groups is 2. The van der Waals surface area contributed by atoms with Crippen LogP contribution in [0.5, 0.6) is 0 Å². The number of likely N-dealkylation sites (tertiary alicyclic amines) is 1. The molecular formula is C23H33ClN2O4. The van der Waals surface area contributed by atoms with Crippen LogP contribution in [-0.4, -0.2) is 62.3 Å². The third-order valence-corrected chi connectivity index (χ3v) is 6.70. The monoisotopic (exact) mass is 436 g/mol. The summed E-state index contributed by atoms with van der Waals surface area (Å²) in [5.74, 6) is -0.136. The van der Waals surface area contributed by atoms with Gasteiger partial charge in [0.2, 0.25) is 5.91 Å². The Morgan fingerprint density at radius 3 is 2.47 bits per heavy atom. The summed E-state index contributed by atoms with van der Waals surface area (Å²) in [6.07, 6.45) is 3.16. The van der Waals surface area contributed by atoms with Crippen LogP contribution in [0.3, 0.4) is 0 Å². The Labute approximate surface area is 184 Å². The largest absolute Gasteiger partial charge is 0.466 e. The van der Waals surface area contributed by atoms with Gasteiger partial charge in [0, 0.05) is 43.3 Å². The maximum atomic E-state index is 13.0. The van der Waals surface area contributed by atoms with Gasteiger partial charge >= 0.3 is 5.97 Å². The molecule has 1 amide bonds. The third kappa shape index (κ3) is 5.54. The molecule has 2 aliphatic rings. The first-order valence-corrected chi connectivity index (χ1v) is 11.4. The summed E-state index contributed by atoms with van der Waals surface area (Å²) in [6, 6.07) is 7.74. The average molecular weight is 437 g/mol. The van der Waals surface area contributed by atoms with Gasteiger partial charge in [-0.15, -0.1) is 0 Å². The van der Waals surface area contributed by atoms with Gasteiger partial charge in [-0.05, 0) is 57.2 Å². The van der Waals surface area contributed by atoms with E-state index in [-0.39, 0.29) is 29.3 Å². The van der Waals surface area contributed by atoms with Crippen molar-refractivity contribution in [3.8, 4) is 0 Å². The highest BCUT2D eigenvalue weighted by Crippen LogP contribution is 2.35. The Bertz CT molecular complexity index is 710. The predicted molar refractivity (Wildman–Crippen MR) is 117 cm³/mol. The molecule has 0 radical (unpaired) electrons. The lowest BCUT2D eigenvalue weighted by Crippen LogP contribution is -2.52. The van der Waals surface area contributed by atoms with Gasteiger partial charge < -0.3 is 19.7 Å². The van der Waals surface area contributed by atoms with E-state index < -0.39 is 0 Å². The molecule has 2 fully saturated rings. The fraction of sp³-hybridized carbons (Fsp3) is 0.652. The van der Waals surface area contributed by atoms with E-state index in [9.17, 15) is 9.59 Å². The fourth-order valence-electron chi connectivity index (χ4n) is 4.44. The number of rotatable bonds is 7. The minimum absolute atomic E-state index is 0.0612. The molecule has 0 bridgehead atoms. The Kier molecular flexibility index (Phi) is 8.14. The second-order valence-corrected chi connectivity index (χ2v) is 8.79. The smallest absolute Gasteiger partial charge is 0.309 e. The second kappa shape index (κ2) is 10.6. The second-order valence-electron chi connectivity index (χ2n) is 8.35. The van der Waals surface area contributed by atoms with E-state index in [0.717, 1.165) is 17.9 Å². The maximum Gasteiger partial charge on any atom is 0.309 e. The van der Waals surface area contributed by atoms with Crippen molar-refractivity contribution in [1.29, 1.82) is 0 Å². The summed E-state index contributed by atoms with van der Waals surface area (Å²) in [5, 5.41) is 4.21. The molecule has 166 valence electrons. The lowest BCUT2D eigenvalue weighted by Gasteiger charge is -2.39. The lowest BCUT2D eigenvalue weighted by molar-refractivity contribution is -0.151. The molecule has 1 aromatic rings. The van der Waals surface area contributed by atoms with Gasteiger partial charge in [-0.2, -0.15) is 0 Å². The lowest BCUT2D eigenvalue weighted by atomic mass is 9.74. The van der Waals surface area contributed by atoms with E-state index in [4.69, 9.17) is 21.1 Å². The third-order valence-electron chi connectivity index (χ3n) is 6.45. The van der Waals surface area contributed by atoms with Gasteiger partial charge in [0.15, 0.2) is 0 Å². The molecule has 0 aliphatic carbocycles. The summed E-state index contributed by atoms with van der Waals surface area (Å²) < 4.78 is 10.7. The quantitative estimate of drug-likeness (QED) is 0.665. The summed E-state index contributed by atoms with van der Waals surface area (Å²) in [4.78, 5) is 26.8. The van der Waals surface area contributed by atoms with E-state index in [1.165, 1.54) is 5.56 Å². The Morgan fingerprint density at radius 2 is 1.87 bits per heavy atom. The normalized spacial score (nSPS) is 20.6. The number of nitrogens with zero attached hydrogens (tertiary/aromatic N) is 1. The van der Waals surface area contributed by atoms with Crippen molar-refractivity contribution in [1.82, 2.24) is 10.2 Å². The van der Waals surface area contributed by atoms with Crippen molar-refractivity contribution in [2.24, 2.45) is 5.92 Å². The van der Waals surface area contributed by atoms with Crippen LogP contribution in [0.15, 0.2) is 24.3 Å². The van der Waals surface area contributed by atoms with Crippen LogP contribution in [0, 0.1) is 5.92 Å². The number of piperidine rings is 1. The molecule has 1 N–H and O–H groups in total. The molecular weight excluding hydrogens is 404 g/mol. The Morgan fingerprint density at radius 1 is 1.23 bits per heavy atom. The number of carbonyl (C=O) groups excluding carboxylic acids is 2. The van der Waals surface area contributed by atoms with E-state index >= 15 is 0 Å². The summed E-state index contributed by atoms with van der Waals surface area (Å²) in [6.45, 7) is 7.49. The molecule has 30 heavy (non-hydrogen) atoms. The van der Waals surface area contributed by atoms with Crippen molar-refractivity contribution >= 4 is 23.5 Å². The van der Waals surface area contributed by atoms with Gasteiger partial charge in [0.25, 0.3) is 0 Å². The van der Waals surface area contributed by atoms with Gasteiger partial charge in [-0.3, -0.25) is 9.59 Å². The minimum atomic E-state index is -0.281. The van der Waals surface area contributed by atoms with Crippen LogP contribution in [0.1, 0.15) is 45.1 Å². The predicted octanol–water partition coefficient (Wildman–Crippen LogP) is 3.17. The number of esters is 1. The SMILES string of the molecule is CCOC(=O)C1CCN(C(=O)C(C)NCC2(c3ccc(Cl)cc3)CCOCC2)CC1. The van der Waals surface area contributed by atoms with Crippen molar-refractivity contribution in [2.45, 2.75) is 51.0 Å². The van der Waals surface area contributed by atoms with Gasteiger partial charge in [0.1, 0.15) is 0 Å². The molecule has 2 aliphatic heterocycles. The zero-order chi connectivity index (χ0) is 21.6. The molecule has 1 aromatic carbocycles. The van der Waals surface area contributed by atoms with E-state index in [1.807, 2.05) is 30.9 Å². The van der Waals surface area contributed by atoms with Crippen LogP contribution in [0.4, 0.5) is 0 Å². The summed E-state index contributed by atoms with van der Waals surface area (Å²) in [7, 11) is 0. The fourth-order valence-corrected chi connectivity index (χ4v) is 4.56. The highest BCUT2D eigenvalue weighted by atomic mass is 35.5. The van der Waals surface area contributed by atoms with E-state index in [2.05, 4.69) is 17.4 Å². The Balaban J connectivity index is 1.56. The molecule has 1 unspecified atom stereocenters. The number of hydrogen-bond donors (Lipinski definition) is 1. The number of amides is 1. The van der Waals surface area contributed by atoms with Crippen LogP contribution >= 0.6 is 11.6 Å². The van der Waals surface area contributed by atoms with Crippen molar-refractivity contribution in [2.75, 3.05) is 39.5 Å². The van der Waals surface area contributed by atoms with Crippen LogP contribution in [-0.2, 0) is 24.5 Å². The Hall–Kier alpha value is -1.63. The first-order valence-electron chi connectivity index (χ1n) is 11.0. The van der Waals surface area contributed by atoms with E-state index in [1.54, 1.807) is 0 Å². The van der Waals surface area contributed by atoms with E-state index in [0.29, 0.717) is 52.3 Å². The number of benzene rings is 1. The molecule has 2 saturated heterocycles. The van der Waals surface area contributed by atoms with Crippen molar-refractivity contribution in [3.05, 3.63) is 34.9 Å². The molecule has 0 aromatic heterocycles. The maximum absolute atomic E-state index is 13.0. The molecule has 1 atom stereocenters. The average Bonchev–Trinajstić information content (AvgIpc) is 2.78. The first-order chi connectivity index (χ1) is 14.4. The number of nitrogens with one attached hydrogen (secondary N) is 1. The highest BCUT2D eigenvalue weighted by molar-refractivity contribution is 6.30. The summed E-state index contributed by atoms with van der Waals surface area (Å²) in [5.41, 5.74) is 1.17. The van der Waals surface area contributed by atoms with Gasteiger partial charge in [-0.25, -0.2) is 0 Å². The van der Waals surface area contributed by atoms with Crippen LogP contribution < -0.4 is 5.32 Å². The number of hydrogen-bond acceptors (Lipinski definition) is 5. The topological polar surface area (TPSA) is 67.9 Å². The molecule has 6 nitrogen and oxygen atoms in total. The molecule has 0 saturated carbocycles. The van der Waals surface area contributed by atoms with Crippen molar-refractivity contribution < 1.29 is 19.1 Å². The van der Waals surface area contributed by atoms with Crippen LogP contribution in [0.2, 0.25) is 5.02 Å². The van der Waals surface area contributed by atoms with Gasteiger partial charge in [0.05, 0.1) is 18.6 Å². The first kappa shape index (κ1) is 23.0. The molecule has 2 heterocycles. The van der Waals surface area contributed by atoms with Crippen molar-refractivity contribution in [3.63, 3.8) is 0 Å². The molecule has 7 heteroatoms. The standard InChI is InChI=1S/C23H33ClN2O4/c1-3-30-22(28)18-8-12-26(13-9-18)21(27)17(2)25-16-23(10-14-29-15-11-23)19-4-6-20(24)7-5-19/h4-7,17-18,25H,3,8-16H2,1-2H3. The zero-order valence-corrected chi connectivity index (χ0v) is 18.7. The van der Waals surface area contributed by atoms with Gasteiger partial charge in [-0.1, -0.05) is 23.7 Å². The minimum Gasteiger partial charge on any atom is -0.466 e. The number of ether oxygens (including phenoxy) is 2.